The first-order chi connectivity index (χ1) is 7.63. The van der Waals surface area contributed by atoms with Gasteiger partial charge in [0.05, 0.1) is 12.7 Å². The largest absolute Gasteiger partial charge is 0.557 e. The fraction of sp³-hybridized carbons (Fsp3) is 0.125. The number of hydrogen-bond acceptors (Lipinski definition) is 6. The van der Waals surface area contributed by atoms with Crippen LogP contribution in [0.5, 0.6) is 0 Å². The molecule has 16 heavy (non-hydrogen) atoms. The van der Waals surface area contributed by atoms with E-state index in [-0.39, 0.29) is 11.0 Å². The highest BCUT2D eigenvalue weighted by Gasteiger charge is 2.27. The topological polar surface area (TPSA) is 85.2 Å². The van der Waals surface area contributed by atoms with Crippen molar-refractivity contribution in [2.45, 2.75) is 0 Å². The van der Waals surface area contributed by atoms with Crippen molar-refractivity contribution in [2.24, 2.45) is 0 Å². The predicted octanol–water partition coefficient (Wildman–Crippen LogP) is 0.287. The highest BCUT2D eigenvalue weighted by molar-refractivity contribution is 6.60. The van der Waals surface area contributed by atoms with Crippen molar-refractivity contribution in [2.75, 3.05) is 7.11 Å². The van der Waals surface area contributed by atoms with E-state index in [0.29, 0.717) is 0 Å². The number of carbonyl (C=O) groups is 1. The number of halogens is 1. The summed E-state index contributed by atoms with van der Waals surface area (Å²) in [6.45, 7) is 0. The zero-order valence-corrected chi connectivity index (χ0v) is 8.21. The Morgan fingerprint density at radius 1 is 1.38 bits per heavy atom. The lowest BCUT2D eigenvalue weighted by atomic mass is 9.78. The Bertz CT molecular complexity index is 381. The van der Waals surface area contributed by atoms with Crippen LogP contribution in [0.25, 0.3) is 0 Å². The van der Waals surface area contributed by atoms with E-state index in [0.717, 1.165) is 19.2 Å². The molecule has 0 saturated heterocycles. The Labute approximate surface area is 90.2 Å². The molecule has 0 amide bonds. The third-order valence-corrected chi connectivity index (χ3v) is 1.86. The molecule has 6 nitrogen and oxygen atoms in total. The first-order valence-corrected chi connectivity index (χ1v) is 4.12. The number of esters is 1. The standard InChI is InChI=1S/C8H8BFO6/c1-14-8(11)5-2-3-7(10)6(4-5)9(15-12)16-13/h2-4,12-13H,1H3. The van der Waals surface area contributed by atoms with Gasteiger partial charge in [-0.2, -0.15) is 0 Å². The molecule has 0 radical (unpaired) electrons. The van der Waals surface area contributed by atoms with Crippen LogP contribution in [0.15, 0.2) is 18.2 Å². The van der Waals surface area contributed by atoms with Crippen LogP contribution in [0.4, 0.5) is 4.39 Å². The minimum absolute atomic E-state index is 0.0259. The lowest BCUT2D eigenvalue weighted by molar-refractivity contribution is -0.221. The van der Waals surface area contributed by atoms with Crippen molar-refractivity contribution in [3.05, 3.63) is 29.6 Å². The van der Waals surface area contributed by atoms with Gasteiger partial charge in [-0.25, -0.2) is 9.18 Å². The normalized spacial score (nSPS) is 10.0. The summed E-state index contributed by atoms with van der Waals surface area (Å²) in [5, 5.41) is 16.6. The molecule has 1 rings (SSSR count). The lowest BCUT2D eigenvalue weighted by Gasteiger charge is -2.07. The van der Waals surface area contributed by atoms with Gasteiger partial charge in [0.1, 0.15) is 5.82 Å². The van der Waals surface area contributed by atoms with Crippen molar-refractivity contribution in [3.8, 4) is 0 Å². The van der Waals surface area contributed by atoms with Gasteiger partial charge in [0, 0.05) is 5.46 Å². The SMILES string of the molecule is COC(=O)c1ccc(F)c(B(OO)OO)c1. The smallest absolute Gasteiger partial charge is 0.465 e. The molecule has 8 heteroatoms. The Balaban J connectivity index is 3.12. The van der Waals surface area contributed by atoms with Gasteiger partial charge in [-0.1, -0.05) is 0 Å². The van der Waals surface area contributed by atoms with Gasteiger partial charge in [-0.15, -0.1) is 0 Å². The third kappa shape index (κ3) is 2.55. The average Bonchev–Trinajstić information content (AvgIpc) is 2.32. The second kappa shape index (κ2) is 5.57. The van der Waals surface area contributed by atoms with E-state index in [2.05, 4.69) is 14.3 Å². The molecular weight excluding hydrogens is 222 g/mol. The van der Waals surface area contributed by atoms with Gasteiger partial charge in [-0.05, 0) is 18.2 Å². The van der Waals surface area contributed by atoms with Crippen molar-refractivity contribution < 1.29 is 34.0 Å². The van der Waals surface area contributed by atoms with Gasteiger partial charge in [-0.3, -0.25) is 20.1 Å². The van der Waals surface area contributed by atoms with E-state index in [4.69, 9.17) is 10.5 Å². The van der Waals surface area contributed by atoms with Gasteiger partial charge >= 0.3 is 13.1 Å². The molecule has 0 aliphatic rings. The summed E-state index contributed by atoms with van der Waals surface area (Å²) in [4.78, 5) is 18.5. The second-order valence-corrected chi connectivity index (χ2v) is 2.77. The van der Waals surface area contributed by atoms with Crippen LogP contribution in [0.3, 0.4) is 0 Å². The Morgan fingerprint density at radius 3 is 2.50 bits per heavy atom. The van der Waals surface area contributed by atoms with Gasteiger partial charge < -0.3 is 4.74 Å². The summed E-state index contributed by atoms with van der Waals surface area (Å²) < 4.78 is 17.6. The molecule has 0 bridgehead atoms. The van der Waals surface area contributed by atoms with Crippen molar-refractivity contribution in [3.63, 3.8) is 0 Å². The van der Waals surface area contributed by atoms with Crippen molar-refractivity contribution in [1.82, 2.24) is 0 Å². The molecule has 0 saturated carbocycles. The Kier molecular flexibility index (Phi) is 4.38. The first kappa shape index (κ1) is 12.6. The molecule has 1 aromatic rings. The van der Waals surface area contributed by atoms with Crippen LogP contribution in [0, 0.1) is 5.82 Å². The molecule has 86 valence electrons. The molecule has 0 spiro atoms. The first-order valence-electron chi connectivity index (χ1n) is 4.12. The van der Waals surface area contributed by atoms with E-state index in [1.165, 1.54) is 6.07 Å². The van der Waals surface area contributed by atoms with E-state index in [1.807, 2.05) is 0 Å². The van der Waals surface area contributed by atoms with E-state index in [1.54, 1.807) is 0 Å². The summed E-state index contributed by atoms with van der Waals surface area (Å²) >= 11 is 0. The molecule has 0 aliphatic carbocycles. The molecule has 1 aromatic carbocycles. The number of benzene rings is 1. The number of ether oxygens (including phenoxy) is 1. The monoisotopic (exact) mass is 230 g/mol. The highest BCUT2D eigenvalue weighted by Crippen LogP contribution is 2.04. The lowest BCUT2D eigenvalue weighted by Crippen LogP contribution is -2.38. The number of carbonyl (C=O) groups excluding carboxylic acids is 1. The van der Waals surface area contributed by atoms with Crippen LogP contribution in [-0.4, -0.2) is 30.7 Å². The molecule has 0 fully saturated rings. The fourth-order valence-electron chi connectivity index (χ4n) is 1.10. The van der Waals surface area contributed by atoms with Gasteiger partial charge in [0.2, 0.25) is 0 Å². The van der Waals surface area contributed by atoms with E-state index < -0.39 is 18.9 Å². The minimum atomic E-state index is -1.73. The molecule has 0 atom stereocenters. The summed E-state index contributed by atoms with van der Waals surface area (Å²) in [5.41, 5.74) is -0.314. The minimum Gasteiger partial charge on any atom is -0.465 e. The fourth-order valence-corrected chi connectivity index (χ4v) is 1.10. The number of hydrogen-bond donors (Lipinski definition) is 2. The number of methoxy groups -OCH3 is 1. The summed E-state index contributed by atoms with van der Waals surface area (Å²) in [5.74, 6) is -1.52. The van der Waals surface area contributed by atoms with Crippen LogP contribution in [0.1, 0.15) is 10.4 Å². The van der Waals surface area contributed by atoms with Gasteiger partial charge in [0.15, 0.2) is 0 Å². The molecular formula is C8H8BFO6. The van der Waals surface area contributed by atoms with Crippen LogP contribution in [0.2, 0.25) is 0 Å². The number of rotatable bonds is 4. The molecule has 0 aromatic heterocycles. The van der Waals surface area contributed by atoms with Crippen molar-refractivity contribution >= 4 is 18.6 Å². The highest BCUT2D eigenvalue weighted by atomic mass is 19.1. The summed E-state index contributed by atoms with van der Waals surface area (Å²) in [6.07, 6.45) is 0. The van der Waals surface area contributed by atoms with Crippen molar-refractivity contribution in [1.29, 1.82) is 0 Å². The quantitative estimate of drug-likeness (QED) is 0.334. The Morgan fingerprint density at radius 2 is 2.00 bits per heavy atom. The Hall–Kier alpha value is -1.48. The zero-order valence-electron chi connectivity index (χ0n) is 8.21. The maximum atomic E-state index is 13.2. The zero-order chi connectivity index (χ0) is 12.1. The second-order valence-electron chi connectivity index (χ2n) is 2.77. The molecule has 0 aliphatic heterocycles. The maximum absolute atomic E-state index is 13.2. The average molecular weight is 230 g/mol. The van der Waals surface area contributed by atoms with E-state index in [9.17, 15) is 9.18 Å². The van der Waals surface area contributed by atoms with Crippen LogP contribution in [-0.2, 0) is 14.3 Å². The van der Waals surface area contributed by atoms with Gasteiger partial charge in [0.25, 0.3) is 0 Å². The summed E-state index contributed by atoms with van der Waals surface area (Å²) in [6, 6.07) is 3.15. The summed E-state index contributed by atoms with van der Waals surface area (Å²) in [7, 11) is -0.571. The predicted molar refractivity (Wildman–Crippen MR) is 50.6 cm³/mol. The van der Waals surface area contributed by atoms with E-state index >= 15 is 0 Å². The molecule has 0 heterocycles. The molecule has 0 unspecified atom stereocenters. The van der Waals surface area contributed by atoms with Crippen LogP contribution >= 0.6 is 0 Å². The third-order valence-electron chi connectivity index (χ3n) is 1.86. The van der Waals surface area contributed by atoms with Crippen LogP contribution < -0.4 is 5.46 Å². The maximum Gasteiger partial charge on any atom is 0.557 e. The molecule has 2 N–H and O–H groups in total.